The summed E-state index contributed by atoms with van der Waals surface area (Å²) in [5.41, 5.74) is 0. The third-order valence-corrected chi connectivity index (χ3v) is 4.40. The molecule has 116 valence electrons. The van der Waals surface area contributed by atoms with Crippen LogP contribution in [-0.2, 0) is 9.53 Å². The third kappa shape index (κ3) is 5.38. The summed E-state index contributed by atoms with van der Waals surface area (Å²) in [5.74, 6) is 0.273. The Morgan fingerprint density at radius 2 is 1.95 bits per heavy atom. The van der Waals surface area contributed by atoms with Crippen molar-refractivity contribution in [3.05, 3.63) is 0 Å². The van der Waals surface area contributed by atoms with Gasteiger partial charge in [0.25, 0.3) is 0 Å². The maximum absolute atomic E-state index is 11.7. The van der Waals surface area contributed by atoms with Crippen LogP contribution in [0.5, 0.6) is 0 Å². The van der Waals surface area contributed by atoms with E-state index in [0.717, 1.165) is 51.6 Å². The molecule has 2 unspecified atom stereocenters. The number of rotatable bonds is 6. The van der Waals surface area contributed by atoms with Crippen molar-refractivity contribution in [2.75, 3.05) is 26.2 Å². The van der Waals surface area contributed by atoms with Gasteiger partial charge in [0, 0.05) is 18.9 Å². The number of amides is 1. The van der Waals surface area contributed by atoms with Gasteiger partial charge in [-0.2, -0.15) is 0 Å². The molecule has 0 aromatic carbocycles. The molecule has 1 heterocycles. The second-order valence-electron chi connectivity index (χ2n) is 5.99. The number of aliphatic hydroxyl groups is 1. The topological polar surface area (TPSA) is 70.6 Å². The smallest absolute Gasteiger partial charge is 0.222 e. The maximum Gasteiger partial charge on any atom is 0.222 e. The van der Waals surface area contributed by atoms with Crippen LogP contribution in [0.1, 0.15) is 44.9 Å². The summed E-state index contributed by atoms with van der Waals surface area (Å²) in [5, 5.41) is 16.1. The van der Waals surface area contributed by atoms with Gasteiger partial charge in [-0.25, -0.2) is 0 Å². The summed E-state index contributed by atoms with van der Waals surface area (Å²) in [7, 11) is 0. The number of hydrogen-bond acceptors (Lipinski definition) is 4. The van der Waals surface area contributed by atoms with E-state index in [1.165, 1.54) is 0 Å². The Bertz CT molecular complexity index is 293. The molecule has 5 heteroatoms. The summed E-state index contributed by atoms with van der Waals surface area (Å²) in [6.45, 7) is 3.13. The summed E-state index contributed by atoms with van der Waals surface area (Å²) in [4.78, 5) is 11.7. The van der Waals surface area contributed by atoms with Crippen LogP contribution >= 0.6 is 0 Å². The molecule has 0 radical (unpaired) electrons. The lowest BCUT2D eigenvalue weighted by Gasteiger charge is -2.27. The van der Waals surface area contributed by atoms with Gasteiger partial charge in [0.2, 0.25) is 5.91 Å². The van der Waals surface area contributed by atoms with Crippen molar-refractivity contribution in [1.82, 2.24) is 10.6 Å². The quantitative estimate of drug-likeness (QED) is 0.675. The van der Waals surface area contributed by atoms with Gasteiger partial charge in [-0.1, -0.05) is 12.8 Å². The number of hydrogen-bond donors (Lipinski definition) is 3. The number of carbonyl (C=O) groups excluding carboxylic acids is 1. The van der Waals surface area contributed by atoms with Crippen molar-refractivity contribution >= 4 is 5.91 Å². The van der Waals surface area contributed by atoms with E-state index in [2.05, 4.69) is 10.6 Å². The Kier molecular flexibility index (Phi) is 6.76. The first kappa shape index (κ1) is 15.7. The highest BCUT2D eigenvalue weighted by Gasteiger charge is 2.23. The highest BCUT2D eigenvalue weighted by atomic mass is 16.5. The van der Waals surface area contributed by atoms with Crippen molar-refractivity contribution in [2.45, 2.75) is 57.2 Å². The third-order valence-electron chi connectivity index (χ3n) is 4.40. The van der Waals surface area contributed by atoms with Gasteiger partial charge in [-0.3, -0.25) is 4.79 Å². The second kappa shape index (κ2) is 8.60. The van der Waals surface area contributed by atoms with Crippen molar-refractivity contribution in [2.24, 2.45) is 5.92 Å². The fourth-order valence-corrected chi connectivity index (χ4v) is 3.04. The lowest BCUT2D eigenvalue weighted by atomic mass is 9.86. The van der Waals surface area contributed by atoms with Crippen LogP contribution in [0.15, 0.2) is 0 Å². The van der Waals surface area contributed by atoms with Crippen LogP contribution in [0.3, 0.4) is 0 Å². The van der Waals surface area contributed by atoms with Crippen molar-refractivity contribution in [3.8, 4) is 0 Å². The minimum atomic E-state index is -0.241. The van der Waals surface area contributed by atoms with Gasteiger partial charge in [0.05, 0.1) is 18.8 Å². The summed E-state index contributed by atoms with van der Waals surface area (Å²) in [6.07, 6.45) is 6.73. The number of carbonyl (C=O) groups is 1. The fraction of sp³-hybridized carbons (Fsp3) is 0.933. The molecule has 3 N–H and O–H groups in total. The van der Waals surface area contributed by atoms with E-state index in [4.69, 9.17) is 4.74 Å². The molecule has 0 spiro atoms. The van der Waals surface area contributed by atoms with E-state index in [1.54, 1.807) is 0 Å². The van der Waals surface area contributed by atoms with Gasteiger partial charge < -0.3 is 20.5 Å². The van der Waals surface area contributed by atoms with Crippen LogP contribution < -0.4 is 10.6 Å². The average Bonchev–Trinajstić information content (AvgIpc) is 2.47. The van der Waals surface area contributed by atoms with Crippen molar-refractivity contribution < 1.29 is 14.6 Å². The van der Waals surface area contributed by atoms with Crippen LogP contribution in [0.25, 0.3) is 0 Å². The number of ether oxygens (including phenoxy) is 1. The average molecular weight is 284 g/mol. The van der Waals surface area contributed by atoms with Gasteiger partial charge in [0.15, 0.2) is 0 Å². The molecule has 2 fully saturated rings. The first-order valence-electron chi connectivity index (χ1n) is 8.03. The van der Waals surface area contributed by atoms with E-state index < -0.39 is 0 Å². The number of aliphatic hydroxyl groups excluding tert-OH is 1. The van der Waals surface area contributed by atoms with Crippen molar-refractivity contribution in [3.63, 3.8) is 0 Å². The molecular weight excluding hydrogens is 256 g/mol. The lowest BCUT2D eigenvalue weighted by molar-refractivity contribution is -0.123. The molecule has 2 aliphatic rings. The van der Waals surface area contributed by atoms with Crippen LogP contribution in [0, 0.1) is 5.92 Å². The van der Waals surface area contributed by atoms with E-state index in [9.17, 15) is 9.90 Å². The summed E-state index contributed by atoms with van der Waals surface area (Å²) in [6, 6.07) is 0. The SMILES string of the molecule is O=C(CCOC1CCNCC1)NCC1CCCCC1O. The number of nitrogens with one attached hydrogen (secondary N) is 2. The Hall–Kier alpha value is -0.650. The standard InChI is InChI=1S/C15H28N2O3/c18-14-4-2-1-3-12(14)11-17-15(19)7-10-20-13-5-8-16-9-6-13/h12-14,16,18H,1-11H2,(H,17,19). The molecule has 0 aromatic rings. The van der Waals surface area contributed by atoms with Crippen LogP contribution in [-0.4, -0.2) is 49.5 Å². The van der Waals surface area contributed by atoms with Gasteiger partial charge in [-0.15, -0.1) is 0 Å². The molecule has 0 aromatic heterocycles. The zero-order chi connectivity index (χ0) is 14.2. The van der Waals surface area contributed by atoms with Crippen LogP contribution in [0.4, 0.5) is 0 Å². The zero-order valence-corrected chi connectivity index (χ0v) is 12.3. The molecule has 1 amide bonds. The Morgan fingerprint density at radius 1 is 1.20 bits per heavy atom. The summed E-state index contributed by atoms with van der Waals surface area (Å²) < 4.78 is 5.72. The lowest BCUT2D eigenvalue weighted by Crippen LogP contribution is -2.37. The predicted octanol–water partition coefficient (Wildman–Crippen LogP) is 0.812. The molecule has 1 aliphatic heterocycles. The summed E-state index contributed by atoms with van der Waals surface area (Å²) >= 11 is 0. The first-order valence-corrected chi connectivity index (χ1v) is 8.03. The van der Waals surface area contributed by atoms with E-state index in [1.807, 2.05) is 0 Å². The first-order chi connectivity index (χ1) is 9.75. The molecular formula is C15H28N2O3. The number of piperidine rings is 1. The van der Waals surface area contributed by atoms with E-state index >= 15 is 0 Å². The van der Waals surface area contributed by atoms with Gasteiger partial charge in [-0.05, 0) is 38.8 Å². The molecule has 1 saturated heterocycles. The minimum absolute atomic E-state index is 0.0386. The molecule has 1 saturated carbocycles. The molecule has 20 heavy (non-hydrogen) atoms. The highest BCUT2D eigenvalue weighted by molar-refractivity contribution is 5.75. The molecule has 0 bridgehead atoms. The van der Waals surface area contributed by atoms with Gasteiger partial charge >= 0.3 is 0 Å². The zero-order valence-electron chi connectivity index (χ0n) is 12.3. The van der Waals surface area contributed by atoms with Gasteiger partial charge in [0.1, 0.15) is 0 Å². The second-order valence-corrected chi connectivity index (χ2v) is 5.99. The minimum Gasteiger partial charge on any atom is -0.393 e. The monoisotopic (exact) mass is 284 g/mol. The molecule has 2 atom stereocenters. The van der Waals surface area contributed by atoms with Crippen molar-refractivity contribution in [1.29, 1.82) is 0 Å². The largest absolute Gasteiger partial charge is 0.393 e. The predicted molar refractivity (Wildman–Crippen MR) is 77.4 cm³/mol. The van der Waals surface area contributed by atoms with E-state index in [-0.39, 0.29) is 17.9 Å². The Labute approximate surface area is 121 Å². The normalized spacial score (nSPS) is 28.2. The molecule has 1 aliphatic carbocycles. The molecule has 2 rings (SSSR count). The fourth-order valence-electron chi connectivity index (χ4n) is 3.04. The van der Waals surface area contributed by atoms with Crippen LogP contribution in [0.2, 0.25) is 0 Å². The maximum atomic E-state index is 11.7. The Balaban J connectivity index is 1.53. The van der Waals surface area contributed by atoms with E-state index in [0.29, 0.717) is 25.7 Å². The highest BCUT2D eigenvalue weighted by Crippen LogP contribution is 2.23. The molecule has 5 nitrogen and oxygen atoms in total. The Morgan fingerprint density at radius 3 is 2.70 bits per heavy atom.